The van der Waals surface area contributed by atoms with Crippen molar-refractivity contribution in [3.05, 3.63) is 151 Å². The molecule has 3 heteroatoms. The van der Waals surface area contributed by atoms with E-state index in [4.69, 9.17) is 15.0 Å². The van der Waals surface area contributed by atoms with Gasteiger partial charge in [-0.3, -0.25) is 0 Å². The number of hydrogen-bond acceptors (Lipinski definition) is 3. The molecule has 0 bridgehead atoms. The van der Waals surface area contributed by atoms with Crippen LogP contribution in [0.4, 0.5) is 0 Å². The van der Waals surface area contributed by atoms with Crippen molar-refractivity contribution in [1.29, 1.82) is 0 Å². The number of benzene rings is 6. The van der Waals surface area contributed by atoms with Gasteiger partial charge < -0.3 is 0 Å². The Bertz CT molecular complexity index is 2220. The summed E-state index contributed by atoms with van der Waals surface area (Å²) in [5, 5.41) is 2.38. The molecule has 0 amide bonds. The topological polar surface area (TPSA) is 38.7 Å². The molecular weight excluding hydrogens is 595 g/mol. The normalized spacial score (nSPS) is 15.6. The van der Waals surface area contributed by atoms with Crippen molar-refractivity contribution in [3.8, 4) is 56.4 Å². The quantitative estimate of drug-likeness (QED) is 0.189. The van der Waals surface area contributed by atoms with Gasteiger partial charge in [-0.2, -0.15) is 0 Å². The van der Waals surface area contributed by atoms with E-state index < -0.39 is 0 Å². The molecule has 0 saturated heterocycles. The lowest BCUT2D eigenvalue weighted by Crippen LogP contribution is -2.42. The largest absolute Gasteiger partial charge is 0.208 e. The molecule has 1 heterocycles. The van der Waals surface area contributed by atoms with E-state index in [1.54, 1.807) is 0 Å². The molecule has 0 aliphatic heterocycles. The number of fused-ring (bicyclic) bond motifs is 2. The van der Waals surface area contributed by atoms with Crippen LogP contribution in [0.1, 0.15) is 52.7 Å². The van der Waals surface area contributed by atoms with Crippen LogP contribution in [-0.4, -0.2) is 15.0 Å². The fourth-order valence-electron chi connectivity index (χ4n) is 7.78. The van der Waals surface area contributed by atoms with Crippen LogP contribution in [-0.2, 0) is 10.8 Å². The number of rotatable bonds is 5. The first kappa shape index (κ1) is 30.9. The third-order valence-corrected chi connectivity index (χ3v) is 11.8. The summed E-state index contributed by atoms with van der Waals surface area (Å²) < 4.78 is 0. The molecule has 0 fully saturated rings. The minimum atomic E-state index is -0.146. The second-order valence-corrected chi connectivity index (χ2v) is 15.0. The monoisotopic (exact) mass is 635 g/mol. The zero-order valence-corrected chi connectivity index (χ0v) is 29.1. The first-order valence-corrected chi connectivity index (χ1v) is 17.2. The van der Waals surface area contributed by atoms with E-state index in [0.717, 1.165) is 27.8 Å². The number of hydrogen-bond donors (Lipinski definition) is 0. The van der Waals surface area contributed by atoms with E-state index in [0.29, 0.717) is 17.5 Å². The van der Waals surface area contributed by atoms with Gasteiger partial charge in [0.15, 0.2) is 17.5 Å². The third kappa shape index (κ3) is 4.91. The van der Waals surface area contributed by atoms with Crippen molar-refractivity contribution in [2.75, 3.05) is 0 Å². The Balaban J connectivity index is 1.37. The Labute approximate surface area is 289 Å². The average molecular weight is 636 g/mol. The molecule has 0 unspecified atom stereocenters. The maximum atomic E-state index is 5.33. The highest BCUT2D eigenvalue weighted by molar-refractivity contribution is 5.99. The molecule has 1 aromatic heterocycles. The Hall–Kier alpha value is -5.41. The maximum Gasteiger partial charge on any atom is 0.165 e. The molecule has 0 spiro atoms. The van der Waals surface area contributed by atoms with Crippen LogP contribution in [0.5, 0.6) is 0 Å². The highest BCUT2D eigenvalue weighted by Crippen LogP contribution is 2.64. The van der Waals surface area contributed by atoms with Gasteiger partial charge in [-0.15, -0.1) is 0 Å². The van der Waals surface area contributed by atoms with Gasteiger partial charge in [-0.05, 0) is 60.4 Å². The molecular formula is C46H41N3. The lowest BCUT2D eigenvalue weighted by atomic mass is 9.59. The van der Waals surface area contributed by atoms with Crippen molar-refractivity contribution < 1.29 is 0 Å². The molecule has 1 aliphatic rings. The average Bonchev–Trinajstić information content (AvgIpc) is 3.24. The molecule has 240 valence electrons. The lowest BCUT2D eigenvalue weighted by molar-refractivity contribution is 0.125. The highest BCUT2D eigenvalue weighted by Gasteiger charge is 2.58. The minimum absolute atomic E-state index is 0.0202. The molecule has 8 rings (SSSR count). The molecule has 7 aromatic rings. The molecule has 0 saturated carbocycles. The fourth-order valence-corrected chi connectivity index (χ4v) is 7.78. The second-order valence-electron chi connectivity index (χ2n) is 15.0. The maximum absolute atomic E-state index is 5.33. The zero-order chi connectivity index (χ0) is 34.0. The molecule has 0 atom stereocenters. The van der Waals surface area contributed by atoms with E-state index in [1.807, 2.05) is 12.1 Å². The van der Waals surface area contributed by atoms with E-state index in [-0.39, 0.29) is 16.2 Å². The Morgan fingerprint density at radius 2 is 0.796 bits per heavy atom. The first-order valence-electron chi connectivity index (χ1n) is 17.2. The summed E-state index contributed by atoms with van der Waals surface area (Å²) in [6.45, 7) is 14.4. The van der Waals surface area contributed by atoms with E-state index >= 15 is 0 Å². The van der Waals surface area contributed by atoms with Crippen LogP contribution in [0.3, 0.4) is 0 Å². The number of aromatic nitrogens is 3. The van der Waals surface area contributed by atoms with Gasteiger partial charge in [0.25, 0.3) is 0 Å². The van der Waals surface area contributed by atoms with Crippen molar-refractivity contribution in [2.45, 2.75) is 52.4 Å². The summed E-state index contributed by atoms with van der Waals surface area (Å²) in [5.74, 6) is 2.06. The van der Waals surface area contributed by atoms with E-state index in [1.165, 1.54) is 33.0 Å². The van der Waals surface area contributed by atoms with Crippen LogP contribution < -0.4 is 0 Å². The van der Waals surface area contributed by atoms with Gasteiger partial charge in [0.1, 0.15) is 0 Å². The van der Waals surface area contributed by atoms with Crippen LogP contribution in [0.25, 0.3) is 67.2 Å². The van der Waals surface area contributed by atoms with Gasteiger partial charge in [0.2, 0.25) is 0 Å². The third-order valence-electron chi connectivity index (χ3n) is 11.8. The van der Waals surface area contributed by atoms with E-state index in [9.17, 15) is 0 Å². The Morgan fingerprint density at radius 1 is 0.388 bits per heavy atom. The van der Waals surface area contributed by atoms with Gasteiger partial charge in [-0.25, -0.2) is 15.0 Å². The van der Waals surface area contributed by atoms with Gasteiger partial charge >= 0.3 is 0 Å². The number of nitrogens with zero attached hydrogens (tertiary/aromatic N) is 3. The summed E-state index contributed by atoms with van der Waals surface area (Å²) in [6, 6.07) is 49.2. The first-order chi connectivity index (χ1) is 23.6. The van der Waals surface area contributed by atoms with Crippen LogP contribution in [0, 0.1) is 5.41 Å². The predicted octanol–water partition coefficient (Wildman–Crippen LogP) is 12.0. The van der Waals surface area contributed by atoms with Crippen molar-refractivity contribution in [2.24, 2.45) is 5.41 Å². The molecule has 49 heavy (non-hydrogen) atoms. The summed E-state index contributed by atoms with van der Waals surface area (Å²) in [6.07, 6.45) is 0. The van der Waals surface area contributed by atoms with Crippen LogP contribution >= 0.6 is 0 Å². The van der Waals surface area contributed by atoms with Crippen LogP contribution in [0.2, 0.25) is 0 Å². The zero-order valence-electron chi connectivity index (χ0n) is 29.1. The van der Waals surface area contributed by atoms with Crippen LogP contribution in [0.15, 0.2) is 140 Å². The van der Waals surface area contributed by atoms with Crippen molar-refractivity contribution >= 4 is 10.8 Å². The van der Waals surface area contributed by atoms with Gasteiger partial charge in [0.05, 0.1) is 0 Å². The molecule has 0 radical (unpaired) electrons. The second kappa shape index (κ2) is 11.3. The van der Waals surface area contributed by atoms with Crippen molar-refractivity contribution in [1.82, 2.24) is 15.0 Å². The summed E-state index contributed by atoms with van der Waals surface area (Å²) in [7, 11) is 0. The summed E-state index contributed by atoms with van der Waals surface area (Å²) in [5.41, 5.74) is 10.2. The molecule has 0 N–H and O–H groups in total. The molecule has 6 aromatic carbocycles. The standard InChI is InChI=1S/C46H41N3/c1-44(2)38-29-36-19-13-14-20-37(36)39(40(38)45(3,4)46(44,5)6)43-48-41(34-25-21-32(22-26-34)30-15-9-7-10-16-30)47-42(49-43)35-27-23-33(24-28-35)31-17-11-8-12-18-31/h7-29H,1-6H3. The van der Waals surface area contributed by atoms with Gasteiger partial charge in [0, 0.05) is 16.7 Å². The smallest absolute Gasteiger partial charge is 0.165 e. The predicted molar refractivity (Wildman–Crippen MR) is 204 cm³/mol. The fraction of sp³-hybridized carbons (Fsp3) is 0.196. The Morgan fingerprint density at radius 3 is 1.31 bits per heavy atom. The SMILES string of the molecule is CC1(C)c2cc3ccccc3c(-c3nc(-c4ccc(-c5ccccc5)cc4)nc(-c4ccc(-c5ccccc5)cc4)n3)c2C(C)(C)C1(C)C. The molecule has 1 aliphatic carbocycles. The lowest BCUT2D eigenvalue weighted by Gasteiger charge is -2.44. The summed E-state index contributed by atoms with van der Waals surface area (Å²) >= 11 is 0. The van der Waals surface area contributed by atoms with Crippen molar-refractivity contribution in [3.63, 3.8) is 0 Å². The highest BCUT2D eigenvalue weighted by atomic mass is 15.0. The minimum Gasteiger partial charge on any atom is -0.208 e. The summed E-state index contributed by atoms with van der Waals surface area (Å²) in [4.78, 5) is 15.8. The van der Waals surface area contributed by atoms with E-state index in [2.05, 4.69) is 169 Å². The Kier molecular flexibility index (Phi) is 7.15. The molecule has 3 nitrogen and oxygen atoms in total. The van der Waals surface area contributed by atoms with Gasteiger partial charge in [-0.1, -0.05) is 181 Å².